The van der Waals surface area contributed by atoms with Gasteiger partial charge in [0.15, 0.2) is 11.6 Å². The van der Waals surface area contributed by atoms with E-state index in [1.807, 2.05) is 12.1 Å². The molecule has 4 aromatic rings. The largest absolute Gasteiger partial charge is 0.342 e. The van der Waals surface area contributed by atoms with E-state index in [0.29, 0.717) is 45.6 Å². The molecule has 8 nitrogen and oxygen atoms in total. The summed E-state index contributed by atoms with van der Waals surface area (Å²) in [5.41, 5.74) is 3.16. The molecule has 35 heavy (non-hydrogen) atoms. The molecule has 1 N–H and O–H groups in total. The molecule has 0 saturated heterocycles. The average Bonchev–Trinajstić information content (AvgIpc) is 3.42. The van der Waals surface area contributed by atoms with Gasteiger partial charge in [-0.1, -0.05) is 47.5 Å². The lowest BCUT2D eigenvalue weighted by molar-refractivity contribution is 0.103. The number of hydrazone groups is 1. The minimum absolute atomic E-state index is 0.128. The number of pyridine rings is 1. The van der Waals surface area contributed by atoms with E-state index in [-0.39, 0.29) is 11.8 Å². The first-order chi connectivity index (χ1) is 17.0. The second-order valence-electron chi connectivity index (χ2n) is 7.74. The Morgan fingerprint density at radius 1 is 1.03 bits per heavy atom. The van der Waals surface area contributed by atoms with Crippen molar-refractivity contribution in [2.75, 3.05) is 11.6 Å². The van der Waals surface area contributed by atoms with Crippen LogP contribution in [0.2, 0.25) is 10.0 Å². The summed E-state index contributed by atoms with van der Waals surface area (Å²) in [6, 6.07) is 15.5. The molecule has 0 unspecified atom stereocenters. The lowest BCUT2D eigenvalue weighted by Crippen LogP contribution is -2.41. The summed E-state index contributed by atoms with van der Waals surface area (Å²) >= 11 is 13.0. The second-order valence-corrected chi connectivity index (χ2v) is 8.56. The van der Waals surface area contributed by atoms with Gasteiger partial charge in [-0.3, -0.25) is 4.79 Å². The third-order valence-electron chi connectivity index (χ3n) is 5.45. The minimum Gasteiger partial charge on any atom is -0.331 e. The molecule has 0 saturated carbocycles. The zero-order chi connectivity index (χ0) is 24.4. The van der Waals surface area contributed by atoms with E-state index in [2.05, 4.69) is 20.5 Å². The van der Waals surface area contributed by atoms with Crippen molar-refractivity contribution in [1.29, 1.82) is 0 Å². The number of hydrogen-bond donors (Lipinski definition) is 1. The van der Waals surface area contributed by atoms with Gasteiger partial charge in [-0.15, -0.1) is 0 Å². The zero-order valence-electron chi connectivity index (χ0n) is 18.2. The maximum atomic E-state index is 12.9. The van der Waals surface area contributed by atoms with Crippen LogP contribution in [0, 0.1) is 0 Å². The van der Waals surface area contributed by atoms with E-state index in [1.54, 1.807) is 72.0 Å². The summed E-state index contributed by atoms with van der Waals surface area (Å²) in [6.07, 6.45) is 7.04. The Bertz CT molecular complexity index is 1390. The molecule has 10 heteroatoms. The Morgan fingerprint density at radius 3 is 2.40 bits per heavy atom. The Balaban J connectivity index is 1.31. The van der Waals surface area contributed by atoms with E-state index >= 15 is 0 Å². The van der Waals surface area contributed by atoms with E-state index in [4.69, 9.17) is 23.2 Å². The molecule has 5 rings (SSSR count). The molecule has 0 radical (unpaired) electrons. The number of ketones is 1. The standard InChI is InChI=1S/C25H18Cl2N6O2/c26-21-13-19(33-25(35)28-9-10-31-33)14-22(27)20(21)12-16-2-4-17(5-3-16)24(34)18-6-7-23(29-15-18)32-11-1-8-30-32/h1-8,10-11,13-15H,9,12H2,(H,28,35). The van der Waals surface area contributed by atoms with Crippen LogP contribution >= 0.6 is 23.2 Å². The van der Waals surface area contributed by atoms with Gasteiger partial charge in [0.05, 0.1) is 12.2 Å². The first kappa shape index (κ1) is 22.8. The molecule has 2 amide bonds. The van der Waals surface area contributed by atoms with Crippen molar-refractivity contribution < 1.29 is 9.59 Å². The smallest absolute Gasteiger partial charge is 0.331 e. The number of anilines is 1. The first-order valence-electron chi connectivity index (χ1n) is 10.7. The number of carbonyl (C=O) groups excluding carboxylic acids is 2. The van der Waals surface area contributed by atoms with Crippen LogP contribution in [0.5, 0.6) is 0 Å². The number of nitrogens with one attached hydrogen (secondary N) is 1. The van der Waals surface area contributed by atoms with Crippen LogP contribution in [0.1, 0.15) is 27.0 Å². The van der Waals surface area contributed by atoms with Crippen molar-refractivity contribution in [3.8, 4) is 5.82 Å². The van der Waals surface area contributed by atoms with Gasteiger partial charge in [0, 0.05) is 52.4 Å². The number of hydrogen-bond acceptors (Lipinski definition) is 5. The monoisotopic (exact) mass is 504 g/mol. The molecule has 0 aliphatic carbocycles. The second kappa shape index (κ2) is 9.69. The highest BCUT2D eigenvalue weighted by Crippen LogP contribution is 2.33. The van der Waals surface area contributed by atoms with E-state index in [0.717, 1.165) is 11.1 Å². The third kappa shape index (κ3) is 4.80. The van der Waals surface area contributed by atoms with E-state index in [1.165, 1.54) is 5.01 Å². The molecular formula is C25H18Cl2N6O2. The number of halogens is 2. The van der Waals surface area contributed by atoms with Crippen LogP contribution in [-0.4, -0.2) is 39.3 Å². The quantitative estimate of drug-likeness (QED) is 0.377. The van der Waals surface area contributed by atoms with Gasteiger partial charge in [0.1, 0.15) is 0 Å². The van der Waals surface area contributed by atoms with Crippen LogP contribution in [0.3, 0.4) is 0 Å². The van der Waals surface area contributed by atoms with Gasteiger partial charge in [0.25, 0.3) is 0 Å². The molecule has 0 fully saturated rings. The van der Waals surface area contributed by atoms with Gasteiger partial charge in [-0.25, -0.2) is 14.5 Å². The highest BCUT2D eigenvalue weighted by Gasteiger charge is 2.20. The molecule has 2 aromatic heterocycles. The van der Waals surface area contributed by atoms with Gasteiger partial charge in [0.2, 0.25) is 0 Å². The highest BCUT2D eigenvalue weighted by molar-refractivity contribution is 6.36. The summed E-state index contributed by atoms with van der Waals surface area (Å²) in [6.45, 7) is 0.375. The summed E-state index contributed by atoms with van der Waals surface area (Å²) in [7, 11) is 0. The fraction of sp³-hybridized carbons (Fsp3) is 0.0800. The summed E-state index contributed by atoms with van der Waals surface area (Å²) < 4.78 is 1.63. The number of amides is 2. The number of rotatable bonds is 6. The van der Waals surface area contributed by atoms with Crippen molar-refractivity contribution in [3.63, 3.8) is 0 Å². The fourth-order valence-corrected chi connectivity index (χ4v) is 4.26. The van der Waals surface area contributed by atoms with Gasteiger partial charge < -0.3 is 5.32 Å². The van der Waals surface area contributed by atoms with Crippen LogP contribution in [0.15, 0.2) is 78.3 Å². The molecule has 0 spiro atoms. The summed E-state index contributed by atoms with van der Waals surface area (Å²) in [4.78, 5) is 29.2. The third-order valence-corrected chi connectivity index (χ3v) is 6.13. The van der Waals surface area contributed by atoms with Crippen molar-refractivity contribution in [1.82, 2.24) is 20.1 Å². The zero-order valence-corrected chi connectivity index (χ0v) is 19.7. The van der Waals surface area contributed by atoms with Gasteiger partial charge in [-0.2, -0.15) is 15.2 Å². The van der Waals surface area contributed by atoms with Crippen LogP contribution in [0.25, 0.3) is 5.82 Å². The normalized spacial score (nSPS) is 13.1. The number of nitrogens with zero attached hydrogens (tertiary/aromatic N) is 5. The molecule has 3 heterocycles. The van der Waals surface area contributed by atoms with E-state index < -0.39 is 0 Å². The Labute approximate surface area is 210 Å². The maximum Gasteiger partial charge on any atom is 0.342 e. The molecular weight excluding hydrogens is 487 g/mol. The molecule has 2 aromatic carbocycles. The topological polar surface area (TPSA) is 92.5 Å². The molecule has 0 bridgehead atoms. The lowest BCUT2D eigenvalue weighted by Gasteiger charge is -2.22. The predicted octanol–water partition coefficient (Wildman–Crippen LogP) is 4.91. The van der Waals surface area contributed by atoms with Gasteiger partial charge >= 0.3 is 6.03 Å². The van der Waals surface area contributed by atoms with E-state index in [9.17, 15) is 9.59 Å². The molecule has 0 atom stereocenters. The lowest BCUT2D eigenvalue weighted by atomic mass is 10.00. The highest BCUT2D eigenvalue weighted by atomic mass is 35.5. The van der Waals surface area contributed by atoms with Crippen LogP contribution < -0.4 is 10.3 Å². The van der Waals surface area contributed by atoms with Crippen molar-refractivity contribution in [2.24, 2.45) is 5.10 Å². The summed E-state index contributed by atoms with van der Waals surface area (Å²) in [5, 5.41) is 12.9. The first-order valence-corrected chi connectivity index (χ1v) is 11.4. The molecule has 1 aliphatic heterocycles. The van der Waals surface area contributed by atoms with Crippen molar-refractivity contribution >= 4 is 46.9 Å². The average molecular weight is 505 g/mol. The van der Waals surface area contributed by atoms with Gasteiger partial charge in [-0.05, 0) is 41.5 Å². The Kier molecular flexibility index (Phi) is 6.31. The van der Waals surface area contributed by atoms with Crippen molar-refractivity contribution in [2.45, 2.75) is 6.42 Å². The number of urea groups is 1. The number of benzene rings is 2. The number of carbonyl (C=O) groups is 2. The number of aromatic nitrogens is 3. The Hall–Kier alpha value is -4.01. The summed E-state index contributed by atoms with van der Waals surface area (Å²) in [5.74, 6) is 0.506. The SMILES string of the molecule is O=C(c1ccc(Cc2c(Cl)cc(N3N=CCNC3=O)cc2Cl)cc1)c1ccc(-n2cccn2)nc1. The Morgan fingerprint density at radius 2 is 1.77 bits per heavy atom. The molecule has 1 aliphatic rings. The maximum absolute atomic E-state index is 12.9. The van der Waals surface area contributed by atoms with Crippen LogP contribution in [0.4, 0.5) is 10.5 Å². The fourth-order valence-electron chi connectivity index (χ4n) is 3.65. The van der Waals surface area contributed by atoms with Crippen LogP contribution in [-0.2, 0) is 6.42 Å². The molecule has 174 valence electrons. The van der Waals surface area contributed by atoms with Crippen molar-refractivity contribution in [3.05, 3.63) is 105 Å². The minimum atomic E-state index is -0.348. The predicted molar refractivity (Wildman–Crippen MR) is 135 cm³/mol.